The van der Waals surface area contributed by atoms with Gasteiger partial charge in [-0.1, -0.05) is 13.8 Å². The standard InChI is InChI=1S/C12H24FN/c1-4-7-14(5-2)8-6-11-9-12(3,13)10-11/h11H,4-10H2,1-3H3. The summed E-state index contributed by atoms with van der Waals surface area (Å²) in [6, 6.07) is 0. The molecule has 0 bridgehead atoms. The molecular formula is C12H24FN. The van der Waals surface area contributed by atoms with Gasteiger partial charge in [-0.25, -0.2) is 4.39 Å². The van der Waals surface area contributed by atoms with Crippen LogP contribution in [0.3, 0.4) is 0 Å². The van der Waals surface area contributed by atoms with Crippen molar-refractivity contribution in [2.45, 2.75) is 52.1 Å². The Labute approximate surface area is 87.7 Å². The largest absolute Gasteiger partial charge is 0.304 e. The zero-order valence-electron chi connectivity index (χ0n) is 9.85. The fourth-order valence-corrected chi connectivity index (χ4v) is 2.46. The summed E-state index contributed by atoms with van der Waals surface area (Å²) in [5.74, 6) is 0.649. The second kappa shape index (κ2) is 5.11. The van der Waals surface area contributed by atoms with Crippen LogP contribution < -0.4 is 0 Å². The van der Waals surface area contributed by atoms with Crippen molar-refractivity contribution < 1.29 is 4.39 Å². The Bertz CT molecular complexity index is 160. The lowest BCUT2D eigenvalue weighted by Crippen LogP contribution is -2.38. The molecule has 0 amide bonds. The van der Waals surface area contributed by atoms with Gasteiger partial charge >= 0.3 is 0 Å². The number of hydrogen-bond acceptors (Lipinski definition) is 1. The van der Waals surface area contributed by atoms with Crippen LogP contribution in [0.2, 0.25) is 0 Å². The second-order valence-electron chi connectivity index (χ2n) is 4.91. The molecule has 1 aliphatic rings. The highest BCUT2D eigenvalue weighted by molar-refractivity contribution is 4.90. The van der Waals surface area contributed by atoms with E-state index >= 15 is 0 Å². The van der Waals surface area contributed by atoms with E-state index in [-0.39, 0.29) is 0 Å². The molecule has 1 rings (SSSR count). The number of nitrogens with zero attached hydrogens (tertiary/aromatic N) is 1. The zero-order chi connectivity index (χ0) is 10.6. The Balaban J connectivity index is 2.08. The van der Waals surface area contributed by atoms with E-state index in [0.29, 0.717) is 5.92 Å². The fourth-order valence-electron chi connectivity index (χ4n) is 2.46. The average Bonchev–Trinajstić information content (AvgIpc) is 2.08. The first-order chi connectivity index (χ1) is 6.57. The summed E-state index contributed by atoms with van der Waals surface area (Å²) in [6.07, 6.45) is 3.99. The van der Waals surface area contributed by atoms with E-state index in [9.17, 15) is 4.39 Å². The molecule has 0 spiro atoms. The van der Waals surface area contributed by atoms with Crippen molar-refractivity contribution in [1.82, 2.24) is 4.90 Å². The number of rotatable bonds is 6. The molecule has 0 aromatic carbocycles. The van der Waals surface area contributed by atoms with Crippen LogP contribution >= 0.6 is 0 Å². The lowest BCUT2D eigenvalue weighted by molar-refractivity contribution is 0.0168. The van der Waals surface area contributed by atoms with Crippen molar-refractivity contribution in [3.8, 4) is 0 Å². The van der Waals surface area contributed by atoms with Gasteiger partial charge in [-0.05, 0) is 58.2 Å². The summed E-state index contributed by atoms with van der Waals surface area (Å²) < 4.78 is 13.2. The van der Waals surface area contributed by atoms with E-state index < -0.39 is 5.67 Å². The molecule has 0 radical (unpaired) electrons. The molecule has 0 saturated heterocycles. The van der Waals surface area contributed by atoms with E-state index in [1.54, 1.807) is 6.92 Å². The maximum Gasteiger partial charge on any atom is 0.108 e. The molecule has 1 saturated carbocycles. The van der Waals surface area contributed by atoms with E-state index in [0.717, 1.165) is 25.9 Å². The maximum atomic E-state index is 13.2. The molecule has 0 aromatic heterocycles. The van der Waals surface area contributed by atoms with Crippen LogP contribution in [0.25, 0.3) is 0 Å². The highest BCUT2D eigenvalue weighted by Gasteiger charge is 2.39. The molecule has 0 aromatic rings. The van der Waals surface area contributed by atoms with Crippen LogP contribution in [0.1, 0.15) is 46.5 Å². The molecule has 0 aliphatic heterocycles. The Kier molecular flexibility index (Phi) is 4.36. The van der Waals surface area contributed by atoms with Gasteiger partial charge in [0.05, 0.1) is 0 Å². The predicted octanol–water partition coefficient (Wildman–Crippen LogP) is 3.25. The van der Waals surface area contributed by atoms with Crippen molar-refractivity contribution >= 4 is 0 Å². The number of halogens is 1. The predicted molar refractivity (Wildman–Crippen MR) is 59.3 cm³/mol. The SMILES string of the molecule is CCCN(CC)CCC1CC(C)(F)C1. The molecule has 0 unspecified atom stereocenters. The topological polar surface area (TPSA) is 3.24 Å². The molecule has 0 atom stereocenters. The highest BCUT2D eigenvalue weighted by atomic mass is 19.1. The summed E-state index contributed by atoms with van der Waals surface area (Å²) in [7, 11) is 0. The Morgan fingerprint density at radius 3 is 2.36 bits per heavy atom. The fraction of sp³-hybridized carbons (Fsp3) is 1.00. The van der Waals surface area contributed by atoms with Gasteiger partial charge in [0.15, 0.2) is 0 Å². The smallest absolute Gasteiger partial charge is 0.108 e. The molecule has 14 heavy (non-hydrogen) atoms. The van der Waals surface area contributed by atoms with Gasteiger partial charge in [0.1, 0.15) is 5.67 Å². The minimum Gasteiger partial charge on any atom is -0.304 e. The maximum absolute atomic E-state index is 13.2. The van der Waals surface area contributed by atoms with E-state index in [2.05, 4.69) is 18.7 Å². The Hall–Kier alpha value is -0.110. The van der Waals surface area contributed by atoms with Crippen molar-refractivity contribution in [2.75, 3.05) is 19.6 Å². The monoisotopic (exact) mass is 201 g/mol. The Morgan fingerprint density at radius 2 is 1.93 bits per heavy atom. The number of alkyl halides is 1. The summed E-state index contributed by atoms with van der Waals surface area (Å²) in [5, 5.41) is 0. The summed E-state index contributed by atoms with van der Waals surface area (Å²) >= 11 is 0. The first kappa shape index (κ1) is 12.0. The molecule has 0 heterocycles. The lowest BCUT2D eigenvalue weighted by atomic mass is 9.72. The van der Waals surface area contributed by atoms with Crippen molar-refractivity contribution in [1.29, 1.82) is 0 Å². The van der Waals surface area contributed by atoms with Crippen molar-refractivity contribution in [3.05, 3.63) is 0 Å². The van der Waals surface area contributed by atoms with Gasteiger partial charge in [0.2, 0.25) is 0 Å². The van der Waals surface area contributed by atoms with Gasteiger partial charge in [-0.15, -0.1) is 0 Å². The van der Waals surface area contributed by atoms with Gasteiger partial charge in [-0.3, -0.25) is 0 Å². The second-order valence-corrected chi connectivity index (χ2v) is 4.91. The van der Waals surface area contributed by atoms with Crippen LogP contribution in [-0.4, -0.2) is 30.2 Å². The minimum absolute atomic E-state index is 0.649. The van der Waals surface area contributed by atoms with Crippen LogP contribution in [-0.2, 0) is 0 Å². The normalized spacial score (nSPS) is 31.9. The minimum atomic E-state index is -0.841. The number of hydrogen-bond donors (Lipinski definition) is 0. The first-order valence-electron chi connectivity index (χ1n) is 5.98. The average molecular weight is 201 g/mol. The molecule has 1 fully saturated rings. The van der Waals surface area contributed by atoms with E-state index in [1.807, 2.05) is 0 Å². The third-order valence-corrected chi connectivity index (χ3v) is 3.27. The van der Waals surface area contributed by atoms with E-state index in [1.165, 1.54) is 19.4 Å². The third kappa shape index (κ3) is 3.56. The van der Waals surface area contributed by atoms with Gasteiger partial charge < -0.3 is 4.90 Å². The van der Waals surface area contributed by atoms with Crippen LogP contribution in [0.4, 0.5) is 4.39 Å². The van der Waals surface area contributed by atoms with Crippen molar-refractivity contribution in [2.24, 2.45) is 5.92 Å². The highest BCUT2D eigenvalue weighted by Crippen LogP contribution is 2.42. The first-order valence-corrected chi connectivity index (χ1v) is 5.98. The summed E-state index contributed by atoms with van der Waals surface area (Å²) in [4.78, 5) is 2.47. The van der Waals surface area contributed by atoms with Crippen molar-refractivity contribution in [3.63, 3.8) is 0 Å². The molecule has 1 nitrogen and oxygen atoms in total. The molecular weight excluding hydrogens is 177 g/mol. The Morgan fingerprint density at radius 1 is 1.29 bits per heavy atom. The van der Waals surface area contributed by atoms with Gasteiger partial charge in [0, 0.05) is 0 Å². The van der Waals surface area contributed by atoms with Gasteiger partial charge in [0.25, 0.3) is 0 Å². The van der Waals surface area contributed by atoms with Crippen LogP contribution in [0.15, 0.2) is 0 Å². The van der Waals surface area contributed by atoms with Crippen LogP contribution in [0.5, 0.6) is 0 Å². The lowest BCUT2D eigenvalue weighted by Gasteiger charge is -2.39. The summed E-state index contributed by atoms with van der Waals surface area (Å²) in [5.41, 5.74) is -0.841. The third-order valence-electron chi connectivity index (χ3n) is 3.27. The van der Waals surface area contributed by atoms with Gasteiger partial charge in [-0.2, -0.15) is 0 Å². The molecule has 84 valence electrons. The molecule has 2 heteroatoms. The zero-order valence-corrected chi connectivity index (χ0v) is 9.85. The van der Waals surface area contributed by atoms with Crippen LogP contribution in [0, 0.1) is 5.92 Å². The summed E-state index contributed by atoms with van der Waals surface area (Å²) in [6.45, 7) is 9.63. The molecule has 0 N–H and O–H groups in total. The molecule has 1 aliphatic carbocycles. The quantitative estimate of drug-likeness (QED) is 0.637. The van der Waals surface area contributed by atoms with E-state index in [4.69, 9.17) is 0 Å².